The Morgan fingerprint density at radius 3 is 2.40 bits per heavy atom. The normalized spacial score (nSPS) is 11.6. The second kappa shape index (κ2) is 6.47. The van der Waals surface area contributed by atoms with Gasteiger partial charge >= 0.3 is 5.97 Å². The predicted octanol–water partition coefficient (Wildman–Crippen LogP) is 1.51. The molecule has 20 heavy (non-hydrogen) atoms. The molecule has 5 nitrogen and oxygen atoms in total. The quantitative estimate of drug-likeness (QED) is 0.863. The molecule has 0 saturated carbocycles. The standard InChI is InChI=1S/C15H14N2O3/c18-14(12-8-4-5-9-16-12)17-13(15(19)20)10-11-6-2-1-3-7-11/h1-9,13H,10H2,(H,17,18)(H,19,20)/t13-/m1/s1. The average molecular weight is 270 g/mol. The summed E-state index contributed by atoms with van der Waals surface area (Å²) in [5, 5.41) is 11.7. The molecule has 2 rings (SSSR count). The van der Waals surface area contributed by atoms with Crippen molar-refractivity contribution in [1.82, 2.24) is 10.3 Å². The Kier molecular flexibility index (Phi) is 4.44. The number of carbonyl (C=O) groups excluding carboxylic acids is 1. The van der Waals surface area contributed by atoms with Gasteiger partial charge in [0.2, 0.25) is 0 Å². The Bertz CT molecular complexity index is 585. The van der Waals surface area contributed by atoms with Crippen molar-refractivity contribution in [3.63, 3.8) is 0 Å². The van der Waals surface area contributed by atoms with Gasteiger partial charge in [0.1, 0.15) is 11.7 Å². The van der Waals surface area contributed by atoms with Crippen LogP contribution in [0.3, 0.4) is 0 Å². The van der Waals surface area contributed by atoms with E-state index in [0.29, 0.717) is 0 Å². The van der Waals surface area contributed by atoms with Gasteiger partial charge in [-0.05, 0) is 17.7 Å². The summed E-state index contributed by atoms with van der Waals surface area (Å²) in [6.07, 6.45) is 1.72. The van der Waals surface area contributed by atoms with Crippen LogP contribution in [0.15, 0.2) is 54.7 Å². The van der Waals surface area contributed by atoms with Crippen molar-refractivity contribution in [2.24, 2.45) is 0 Å². The molecule has 2 N–H and O–H groups in total. The van der Waals surface area contributed by atoms with Crippen molar-refractivity contribution in [3.05, 3.63) is 66.0 Å². The molecule has 0 saturated heterocycles. The minimum absolute atomic E-state index is 0.201. The minimum Gasteiger partial charge on any atom is -0.480 e. The number of carboxylic acid groups (broad SMARTS) is 1. The van der Waals surface area contributed by atoms with Gasteiger partial charge in [0.25, 0.3) is 5.91 Å². The number of benzene rings is 1. The smallest absolute Gasteiger partial charge is 0.326 e. The summed E-state index contributed by atoms with van der Waals surface area (Å²) in [5.41, 5.74) is 1.05. The second-order valence-corrected chi connectivity index (χ2v) is 4.27. The Balaban J connectivity index is 2.07. The van der Waals surface area contributed by atoms with Crippen LogP contribution in [0.25, 0.3) is 0 Å². The van der Waals surface area contributed by atoms with E-state index in [2.05, 4.69) is 10.3 Å². The number of hydrogen-bond acceptors (Lipinski definition) is 3. The summed E-state index contributed by atoms with van der Waals surface area (Å²) >= 11 is 0. The molecule has 1 amide bonds. The highest BCUT2D eigenvalue weighted by Gasteiger charge is 2.21. The van der Waals surface area contributed by atoms with Crippen molar-refractivity contribution in [2.45, 2.75) is 12.5 Å². The van der Waals surface area contributed by atoms with Crippen molar-refractivity contribution in [2.75, 3.05) is 0 Å². The van der Waals surface area contributed by atoms with Crippen LogP contribution in [0.2, 0.25) is 0 Å². The molecule has 0 fully saturated rings. The summed E-state index contributed by atoms with van der Waals surface area (Å²) in [6, 6.07) is 13.1. The first-order chi connectivity index (χ1) is 9.66. The van der Waals surface area contributed by atoms with Gasteiger partial charge in [0.05, 0.1) is 0 Å². The second-order valence-electron chi connectivity index (χ2n) is 4.27. The van der Waals surface area contributed by atoms with Gasteiger partial charge in [-0.25, -0.2) is 4.79 Å². The summed E-state index contributed by atoms with van der Waals surface area (Å²) < 4.78 is 0. The van der Waals surface area contributed by atoms with Gasteiger partial charge in [0.15, 0.2) is 0 Å². The van der Waals surface area contributed by atoms with E-state index in [1.807, 2.05) is 30.3 Å². The third-order valence-corrected chi connectivity index (χ3v) is 2.78. The molecule has 102 valence electrons. The van der Waals surface area contributed by atoms with Crippen LogP contribution in [0.5, 0.6) is 0 Å². The van der Waals surface area contributed by atoms with Crippen molar-refractivity contribution in [3.8, 4) is 0 Å². The molecule has 0 unspecified atom stereocenters. The zero-order valence-electron chi connectivity index (χ0n) is 10.7. The predicted molar refractivity (Wildman–Crippen MR) is 73.3 cm³/mol. The fraction of sp³-hybridized carbons (Fsp3) is 0.133. The first-order valence-electron chi connectivity index (χ1n) is 6.15. The number of hydrogen-bond donors (Lipinski definition) is 2. The Hall–Kier alpha value is -2.69. The highest BCUT2D eigenvalue weighted by Crippen LogP contribution is 2.04. The zero-order valence-corrected chi connectivity index (χ0v) is 10.7. The molecule has 0 aliphatic heterocycles. The molecule has 0 spiro atoms. The number of aromatic nitrogens is 1. The van der Waals surface area contributed by atoms with E-state index in [9.17, 15) is 14.7 Å². The number of rotatable bonds is 5. The van der Waals surface area contributed by atoms with Crippen LogP contribution < -0.4 is 5.32 Å². The third-order valence-electron chi connectivity index (χ3n) is 2.78. The van der Waals surface area contributed by atoms with Crippen LogP contribution >= 0.6 is 0 Å². The number of amides is 1. The molecule has 5 heteroatoms. The molecule has 1 aromatic carbocycles. The maximum Gasteiger partial charge on any atom is 0.326 e. The summed E-state index contributed by atoms with van der Waals surface area (Å²) in [6.45, 7) is 0. The number of aliphatic carboxylic acids is 1. The van der Waals surface area contributed by atoms with E-state index in [1.54, 1.807) is 12.1 Å². The summed E-state index contributed by atoms with van der Waals surface area (Å²) in [5.74, 6) is -1.56. The van der Waals surface area contributed by atoms with E-state index in [0.717, 1.165) is 5.56 Å². The maximum absolute atomic E-state index is 11.9. The van der Waals surface area contributed by atoms with Gasteiger partial charge in [-0.2, -0.15) is 0 Å². The maximum atomic E-state index is 11.9. The lowest BCUT2D eigenvalue weighted by Gasteiger charge is -2.14. The molecule has 0 aliphatic rings. The van der Waals surface area contributed by atoms with Gasteiger partial charge in [-0.3, -0.25) is 9.78 Å². The molecule has 1 heterocycles. The monoisotopic (exact) mass is 270 g/mol. The van der Waals surface area contributed by atoms with Gasteiger partial charge in [0, 0.05) is 12.6 Å². The molecule has 1 atom stereocenters. The summed E-state index contributed by atoms with van der Waals surface area (Å²) in [7, 11) is 0. The number of nitrogens with zero attached hydrogens (tertiary/aromatic N) is 1. The SMILES string of the molecule is O=C(N[C@H](Cc1ccccc1)C(=O)O)c1ccccn1. The Morgan fingerprint density at radius 2 is 1.80 bits per heavy atom. The molecular formula is C15H14N2O3. The largest absolute Gasteiger partial charge is 0.480 e. The van der Waals surface area contributed by atoms with Gasteiger partial charge in [-0.15, -0.1) is 0 Å². The molecule has 0 radical (unpaired) electrons. The minimum atomic E-state index is -1.07. The number of carbonyl (C=O) groups is 2. The van der Waals surface area contributed by atoms with Crippen LogP contribution in [-0.4, -0.2) is 28.0 Å². The zero-order chi connectivity index (χ0) is 14.4. The lowest BCUT2D eigenvalue weighted by molar-refractivity contribution is -0.139. The lowest BCUT2D eigenvalue weighted by Crippen LogP contribution is -2.42. The van der Waals surface area contributed by atoms with E-state index in [1.165, 1.54) is 12.3 Å². The van der Waals surface area contributed by atoms with Gasteiger partial charge in [-0.1, -0.05) is 36.4 Å². The van der Waals surface area contributed by atoms with Crippen molar-refractivity contribution < 1.29 is 14.7 Å². The fourth-order valence-electron chi connectivity index (χ4n) is 1.78. The highest BCUT2D eigenvalue weighted by atomic mass is 16.4. The van der Waals surface area contributed by atoms with Crippen LogP contribution in [-0.2, 0) is 11.2 Å². The van der Waals surface area contributed by atoms with Gasteiger partial charge < -0.3 is 10.4 Å². The van der Waals surface area contributed by atoms with E-state index in [-0.39, 0.29) is 12.1 Å². The third kappa shape index (κ3) is 3.65. The summed E-state index contributed by atoms with van der Waals surface area (Å²) in [4.78, 5) is 27.0. The highest BCUT2D eigenvalue weighted by molar-refractivity contribution is 5.94. The lowest BCUT2D eigenvalue weighted by atomic mass is 10.1. The van der Waals surface area contributed by atoms with Crippen molar-refractivity contribution >= 4 is 11.9 Å². The average Bonchev–Trinajstić information content (AvgIpc) is 2.48. The first-order valence-corrected chi connectivity index (χ1v) is 6.15. The first kappa shape index (κ1) is 13.7. The van der Waals surface area contributed by atoms with Crippen LogP contribution in [0, 0.1) is 0 Å². The molecule has 1 aromatic heterocycles. The Morgan fingerprint density at radius 1 is 1.10 bits per heavy atom. The molecular weight excluding hydrogens is 256 g/mol. The fourth-order valence-corrected chi connectivity index (χ4v) is 1.78. The topological polar surface area (TPSA) is 79.3 Å². The van der Waals surface area contributed by atoms with Crippen LogP contribution in [0.1, 0.15) is 16.1 Å². The van der Waals surface area contributed by atoms with Crippen LogP contribution in [0.4, 0.5) is 0 Å². The van der Waals surface area contributed by atoms with E-state index >= 15 is 0 Å². The number of nitrogens with one attached hydrogen (secondary N) is 1. The number of pyridine rings is 1. The molecule has 0 aliphatic carbocycles. The van der Waals surface area contributed by atoms with E-state index in [4.69, 9.17) is 0 Å². The molecule has 2 aromatic rings. The Labute approximate surface area is 116 Å². The van der Waals surface area contributed by atoms with Crippen molar-refractivity contribution in [1.29, 1.82) is 0 Å². The van der Waals surface area contributed by atoms with E-state index < -0.39 is 17.9 Å². The molecule has 0 bridgehead atoms. The number of carboxylic acids is 1.